The van der Waals surface area contributed by atoms with Crippen LogP contribution in [0.5, 0.6) is 0 Å². The van der Waals surface area contributed by atoms with Gasteiger partial charge < -0.3 is 15.1 Å². The van der Waals surface area contributed by atoms with Crippen LogP contribution in [0.3, 0.4) is 0 Å². The molecule has 0 spiro atoms. The van der Waals surface area contributed by atoms with Crippen LogP contribution in [0, 0.1) is 6.92 Å². The summed E-state index contributed by atoms with van der Waals surface area (Å²) in [7, 11) is 3.11. The first-order valence-corrected chi connectivity index (χ1v) is 9.84. The van der Waals surface area contributed by atoms with Gasteiger partial charge in [0.1, 0.15) is 18.0 Å². The Morgan fingerprint density at radius 2 is 1.88 bits per heavy atom. The van der Waals surface area contributed by atoms with E-state index in [1.165, 1.54) is 14.0 Å². The smallest absolute Gasteiger partial charge is 0.387 e. The fourth-order valence-corrected chi connectivity index (χ4v) is 3.87. The van der Waals surface area contributed by atoms with Gasteiger partial charge in [-0.2, -0.15) is 18.3 Å². The Morgan fingerprint density at radius 1 is 1.18 bits per heavy atom. The Labute approximate surface area is 185 Å². The first-order valence-electron chi connectivity index (χ1n) is 9.84. The van der Waals surface area contributed by atoms with E-state index in [9.17, 15) is 33.0 Å². The molecule has 174 valence electrons. The Morgan fingerprint density at radius 3 is 2.55 bits per heavy atom. The van der Waals surface area contributed by atoms with Gasteiger partial charge >= 0.3 is 6.18 Å². The minimum absolute atomic E-state index is 0.0512. The van der Waals surface area contributed by atoms with Crippen molar-refractivity contribution >= 4 is 34.2 Å². The Kier molecular flexibility index (Phi) is 5.37. The third-order valence-electron chi connectivity index (χ3n) is 5.63. The quantitative estimate of drug-likeness (QED) is 0.608. The average Bonchev–Trinajstić information content (AvgIpc) is 3.23. The zero-order valence-electron chi connectivity index (χ0n) is 17.8. The molecule has 3 heterocycles. The predicted molar refractivity (Wildman–Crippen MR) is 111 cm³/mol. The maximum Gasteiger partial charge on any atom is 0.416 e. The van der Waals surface area contributed by atoms with Crippen molar-refractivity contribution in [1.82, 2.24) is 14.8 Å². The van der Waals surface area contributed by atoms with Crippen molar-refractivity contribution in [1.29, 1.82) is 0 Å². The summed E-state index contributed by atoms with van der Waals surface area (Å²) in [4.78, 5) is 31.7. The minimum Gasteiger partial charge on any atom is -0.387 e. The Bertz CT molecular complexity index is 1260. The zero-order valence-corrected chi connectivity index (χ0v) is 17.8. The number of aliphatic hydroxyl groups excluding tert-OH is 2. The highest BCUT2D eigenvalue weighted by molar-refractivity contribution is 6.11. The molecule has 0 aliphatic carbocycles. The monoisotopic (exact) mass is 463 g/mol. The molecule has 0 radical (unpaired) electrons. The van der Waals surface area contributed by atoms with Crippen LogP contribution in [0.2, 0.25) is 0 Å². The van der Waals surface area contributed by atoms with E-state index in [1.807, 2.05) is 0 Å². The number of anilines is 2. The Balaban J connectivity index is 1.75. The van der Waals surface area contributed by atoms with Crippen molar-refractivity contribution in [2.24, 2.45) is 7.05 Å². The number of fused-ring (bicyclic) bond motifs is 1. The summed E-state index contributed by atoms with van der Waals surface area (Å²) < 4.78 is 41.5. The van der Waals surface area contributed by atoms with E-state index in [1.54, 1.807) is 36.1 Å². The van der Waals surface area contributed by atoms with Gasteiger partial charge in [-0.1, -0.05) is 0 Å². The molecular formula is C21H20F3N5O4. The van der Waals surface area contributed by atoms with Crippen LogP contribution >= 0.6 is 0 Å². The van der Waals surface area contributed by atoms with E-state index in [-0.39, 0.29) is 5.69 Å². The van der Waals surface area contributed by atoms with Gasteiger partial charge in [-0.05, 0) is 37.3 Å². The number of likely N-dealkylation sites (N-methyl/N-ethyl adjacent to an activating group) is 1. The van der Waals surface area contributed by atoms with Gasteiger partial charge in [0.05, 0.1) is 17.3 Å². The number of benzene rings is 1. The maximum absolute atomic E-state index is 13.3. The number of aliphatic hydroxyl groups is 2. The molecule has 1 aliphatic heterocycles. The van der Waals surface area contributed by atoms with Crippen molar-refractivity contribution in [3.05, 3.63) is 47.8 Å². The molecular weight excluding hydrogens is 443 g/mol. The summed E-state index contributed by atoms with van der Waals surface area (Å²) in [5.74, 6) is -2.43. The van der Waals surface area contributed by atoms with Crippen LogP contribution in [0.25, 0.3) is 10.9 Å². The van der Waals surface area contributed by atoms with Gasteiger partial charge in [-0.3, -0.25) is 19.2 Å². The molecule has 1 aliphatic rings. The number of hydrogen-bond donors (Lipinski definition) is 2. The second-order valence-corrected chi connectivity index (χ2v) is 7.85. The Hall–Kier alpha value is -3.51. The van der Waals surface area contributed by atoms with Crippen LogP contribution in [-0.2, 0) is 22.8 Å². The molecule has 0 bridgehead atoms. The fraction of sp³-hybridized carbons (Fsp3) is 0.333. The SMILES string of the molecule is Cc1cc(C(F)(F)F)cc(N2C(=O)[C@@H](O)[C@@H](O)[C@H]2C(=O)N(C)c2ccc3cnn(C)c3c2)n1. The van der Waals surface area contributed by atoms with Crippen LogP contribution in [0.1, 0.15) is 11.3 Å². The molecule has 1 saturated heterocycles. The van der Waals surface area contributed by atoms with E-state index in [4.69, 9.17) is 0 Å². The van der Waals surface area contributed by atoms with Gasteiger partial charge in [0.2, 0.25) is 0 Å². The van der Waals surface area contributed by atoms with Crippen LogP contribution < -0.4 is 9.80 Å². The number of carbonyl (C=O) groups excluding carboxylic acids is 2. The molecule has 2 N–H and O–H groups in total. The fourth-order valence-electron chi connectivity index (χ4n) is 3.87. The third-order valence-corrected chi connectivity index (χ3v) is 5.63. The molecule has 4 rings (SSSR count). The summed E-state index contributed by atoms with van der Waals surface area (Å²) >= 11 is 0. The highest BCUT2D eigenvalue weighted by Crippen LogP contribution is 2.35. The van der Waals surface area contributed by atoms with Crippen LogP contribution in [0.4, 0.5) is 24.7 Å². The first-order chi connectivity index (χ1) is 15.4. The van der Waals surface area contributed by atoms with Gasteiger partial charge in [0, 0.05) is 30.9 Å². The molecule has 9 nitrogen and oxygen atoms in total. The number of aromatic nitrogens is 3. The van der Waals surface area contributed by atoms with Crippen molar-refractivity contribution in [2.75, 3.05) is 16.8 Å². The van der Waals surface area contributed by atoms with Crippen LogP contribution in [-0.4, -0.2) is 62.1 Å². The molecule has 1 aromatic carbocycles. The molecule has 0 unspecified atom stereocenters. The second kappa shape index (κ2) is 7.81. The van der Waals surface area contributed by atoms with E-state index in [0.717, 1.165) is 16.4 Å². The molecule has 3 atom stereocenters. The van der Waals surface area contributed by atoms with E-state index in [2.05, 4.69) is 10.1 Å². The molecule has 0 saturated carbocycles. The van der Waals surface area contributed by atoms with E-state index >= 15 is 0 Å². The third kappa shape index (κ3) is 3.80. The lowest BCUT2D eigenvalue weighted by molar-refractivity contribution is -0.137. The highest BCUT2D eigenvalue weighted by Gasteiger charge is 2.52. The van der Waals surface area contributed by atoms with Crippen molar-refractivity contribution in [3.63, 3.8) is 0 Å². The number of hydrogen-bond acceptors (Lipinski definition) is 6. The molecule has 12 heteroatoms. The number of aryl methyl sites for hydroxylation is 2. The summed E-state index contributed by atoms with van der Waals surface area (Å²) in [6.07, 6.45) is -6.95. The lowest BCUT2D eigenvalue weighted by atomic mass is 10.1. The van der Waals surface area contributed by atoms with Crippen LogP contribution in [0.15, 0.2) is 36.5 Å². The van der Waals surface area contributed by atoms with E-state index in [0.29, 0.717) is 22.2 Å². The molecule has 3 aromatic rings. The number of nitrogens with zero attached hydrogens (tertiary/aromatic N) is 5. The second-order valence-electron chi connectivity index (χ2n) is 7.85. The molecule has 33 heavy (non-hydrogen) atoms. The number of rotatable bonds is 3. The number of pyridine rings is 1. The predicted octanol–water partition coefficient (Wildman–Crippen LogP) is 1.40. The zero-order chi connectivity index (χ0) is 24.2. The number of amides is 2. The lowest BCUT2D eigenvalue weighted by Gasteiger charge is -2.29. The molecule has 1 fully saturated rings. The topological polar surface area (TPSA) is 112 Å². The molecule has 2 amide bonds. The van der Waals surface area contributed by atoms with Gasteiger partial charge in [0.25, 0.3) is 11.8 Å². The van der Waals surface area contributed by atoms with Crippen molar-refractivity contribution < 1.29 is 33.0 Å². The van der Waals surface area contributed by atoms with Crippen molar-refractivity contribution in [2.45, 2.75) is 31.3 Å². The van der Waals surface area contributed by atoms with Gasteiger partial charge in [-0.25, -0.2) is 4.98 Å². The molecule has 2 aromatic heterocycles. The summed E-state index contributed by atoms with van der Waals surface area (Å²) in [5, 5.41) is 25.6. The number of carbonyl (C=O) groups is 2. The number of halogens is 3. The summed E-state index contributed by atoms with van der Waals surface area (Å²) in [6, 6.07) is 4.73. The van der Waals surface area contributed by atoms with E-state index < -0.39 is 47.6 Å². The normalized spacial score (nSPS) is 21.2. The first kappa shape index (κ1) is 22.7. The number of alkyl halides is 3. The lowest BCUT2D eigenvalue weighted by Crippen LogP contribution is -2.50. The largest absolute Gasteiger partial charge is 0.416 e. The van der Waals surface area contributed by atoms with Gasteiger partial charge in [-0.15, -0.1) is 0 Å². The minimum atomic E-state index is -4.72. The summed E-state index contributed by atoms with van der Waals surface area (Å²) in [6.45, 7) is 1.30. The van der Waals surface area contributed by atoms with Gasteiger partial charge in [0.15, 0.2) is 6.10 Å². The van der Waals surface area contributed by atoms with Crippen molar-refractivity contribution in [3.8, 4) is 0 Å². The standard InChI is InChI=1S/C21H20F3N5O4/c1-10-6-12(21(22,23)24)7-15(26-10)29-16(17(30)18(31)20(29)33)19(32)27(2)13-5-4-11-9-25-28(3)14(11)8-13/h4-9,16-18,30-31H,1-3H3/t16-,17-,18-/m0/s1. The highest BCUT2D eigenvalue weighted by atomic mass is 19.4. The summed E-state index contributed by atoms with van der Waals surface area (Å²) in [5.41, 5.74) is -0.0212. The average molecular weight is 463 g/mol. The maximum atomic E-state index is 13.3.